The first-order valence-electron chi connectivity index (χ1n) is 6.80. The maximum absolute atomic E-state index is 9.39. The normalized spacial score (nSPS) is 24.2. The Morgan fingerprint density at radius 2 is 2.11 bits per heavy atom. The topological polar surface area (TPSA) is 32.3 Å². The average molecular weight is 268 g/mol. The predicted octanol–water partition coefficient (Wildman–Crippen LogP) is 3.29. The molecule has 0 aromatic heterocycles. The highest BCUT2D eigenvalue weighted by molar-refractivity contribution is 6.30. The number of aliphatic hydroxyl groups excluding tert-OH is 1. The summed E-state index contributed by atoms with van der Waals surface area (Å²) in [5.41, 5.74) is 2.52. The standard InChI is InChI=1S/C15H22ClNO/c1-11-8-14(16)7-6-12(11)9-17-15-5-3-2-4-13(15)10-18/h6-8,13,15,17-18H,2-5,9-10H2,1H3. The summed E-state index contributed by atoms with van der Waals surface area (Å²) in [5.74, 6) is 0.423. The van der Waals surface area contributed by atoms with E-state index in [1.165, 1.54) is 30.4 Å². The molecule has 0 aliphatic heterocycles. The molecule has 2 unspecified atom stereocenters. The Morgan fingerprint density at radius 3 is 2.83 bits per heavy atom. The first-order valence-corrected chi connectivity index (χ1v) is 7.18. The Labute approximate surface area is 114 Å². The zero-order valence-corrected chi connectivity index (χ0v) is 11.7. The maximum atomic E-state index is 9.39. The third-order valence-electron chi connectivity index (χ3n) is 4.00. The Kier molecular flexibility index (Phi) is 5.04. The number of benzene rings is 1. The number of hydrogen-bond donors (Lipinski definition) is 2. The molecule has 1 aliphatic carbocycles. The summed E-state index contributed by atoms with van der Waals surface area (Å²) < 4.78 is 0. The molecule has 2 N–H and O–H groups in total. The first kappa shape index (κ1) is 13.9. The summed E-state index contributed by atoms with van der Waals surface area (Å²) in [5, 5.41) is 13.8. The molecule has 2 nitrogen and oxygen atoms in total. The van der Waals surface area contributed by atoms with Crippen LogP contribution in [-0.4, -0.2) is 17.8 Å². The number of aryl methyl sites for hydroxylation is 1. The molecule has 2 atom stereocenters. The van der Waals surface area contributed by atoms with Gasteiger partial charge in [-0.3, -0.25) is 0 Å². The minimum Gasteiger partial charge on any atom is -0.396 e. The van der Waals surface area contributed by atoms with Crippen molar-refractivity contribution in [2.45, 2.75) is 45.2 Å². The molecule has 100 valence electrons. The molecule has 0 saturated heterocycles. The highest BCUT2D eigenvalue weighted by Crippen LogP contribution is 2.24. The van der Waals surface area contributed by atoms with E-state index in [4.69, 9.17) is 11.6 Å². The third-order valence-corrected chi connectivity index (χ3v) is 4.24. The van der Waals surface area contributed by atoms with Gasteiger partial charge in [0.2, 0.25) is 0 Å². The molecule has 18 heavy (non-hydrogen) atoms. The van der Waals surface area contributed by atoms with Crippen molar-refractivity contribution in [1.29, 1.82) is 0 Å². The highest BCUT2D eigenvalue weighted by atomic mass is 35.5. The van der Waals surface area contributed by atoms with E-state index < -0.39 is 0 Å². The van der Waals surface area contributed by atoms with Crippen LogP contribution in [0.25, 0.3) is 0 Å². The van der Waals surface area contributed by atoms with Crippen molar-refractivity contribution in [1.82, 2.24) is 5.32 Å². The molecular formula is C15H22ClNO. The lowest BCUT2D eigenvalue weighted by Gasteiger charge is -2.31. The fourth-order valence-electron chi connectivity index (χ4n) is 2.79. The van der Waals surface area contributed by atoms with E-state index in [2.05, 4.69) is 18.3 Å². The smallest absolute Gasteiger partial charge is 0.0474 e. The van der Waals surface area contributed by atoms with Crippen molar-refractivity contribution < 1.29 is 5.11 Å². The van der Waals surface area contributed by atoms with Crippen molar-refractivity contribution in [2.24, 2.45) is 5.92 Å². The molecule has 1 aromatic carbocycles. The van der Waals surface area contributed by atoms with Crippen LogP contribution in [0, 0.1) is 12.8 Å². The molecule has 2 rings (SSSR count). The van der Waals surface area contributed by atoms with E-state index >= 15 is 0 Å². The lowest BCUT2D eigenvalue weighted by atomic mass is 9.85. The van der Waals surface area contributed by atoms with Crippen LogP contribution < -0.4 is 5.32 Å². The van der Waals surface area contributed by atoms with Crippen molar-refractivity contribution in [3.63, 3.8) is 0 Å². The summed E-state index contributed by atoms with van der Waals surface area (Å²) >= 11 is 5.96. The van der Waals surface area contributed by atoms with Gasteiger partial charge in [-0.05, 0) is 48.9 Å². The molecule has 0 radical (unpaired) electrons. The Morgan fingerprint density at radius 1 is 1.33 bits per heavy atom. The number of aliphatic hydroxyl groups is 1. The van der Waals surface area contributed by atoms with Crippen molar-refractivity contribution in [3.05, 3.63) is 34.3 Å². The SMILES string of the molecule is Cc1cc(Cl)ccc1CNC1CCCCC1CO. The predicted molar refractivity (Wildman–Crippen MR) is 75.9 cm³/mol. The Hall–Kier alpha value is -0.570. The Balaban J connectivity index is 1.93. The van der Waals surface area contributed by atoms with Crippen LogP contribution in [0.4, 0.5) is 0 Å². The quantitative estimate of drug-likeness (QED) is 0.877. The monoisotopic (exact) mass is 267 g/mol. The number of halogens is 1. The Bertz CT molecular complexity index is 394. The molecule has 0 spiro atoms. The van der Waals surface area contributed by atoms with E-state index in [9.17, 15) is 5.11 Å². The molecule has 0 amide bonds. The molecule has 0 bridgehead atoms. The number of hydrogen-bond acceptors (Lipinski definition) is 2. The van der Waals surface area contributed by atoms with Gasteiger partial charge < -0.3 is 10.4 Å². The van der Waals surface area contributed by atoms with Crippen LogP contribution in [-0.2, 0) is 6.54 Å². The van der Waals surface area contributed by atoms with Crippen LogP contribution in [0.5, 0.6) is 0 Å². The second kappa shape index (κ2) is 6.55. The van der Waals surface area contributed by atoms with Gasteiger partial charge in [0.1, 0.15) is 0 Å². The number of rotatable bonds is 4. The summed E-state index contributed by atoms with van der Waals surface area (Å²) in [6.45, 7) is 3.26. The van der Waals surface area contributed by atoms with Gasteiger partial charge >= 0.3 is 0 Å². The summed E-state index contributed by atoms with van der Waals surface area (Å²) in [7, 11) is 0. The highest BCUT2D eigenvalue weighted by Gasteiger charge is 2.23. The van der Waals surface area contributed by atoms with Gasteiger partial charge in [-0.25, -0.2) is 0 Å². The molecule has 1 saturated carbocycles. The van der Waals surface area contributed by atoms with Crippen molar-refractivity contribution >= 4 is 11.6 Å². The molecular weight excluding hydrogens is 246 g/mol. The van der Waals surface area contributed by atoms with Gasteiger partial charge in [0, 0.05) is 24.2 Å². The third kappa shape index (κ3) is 3.47. The minimum absolute atomic E-state index is 0.303. The molecule has 1 aliphatic rings. The van der Waals surface area contributed by atoms with E-state index in [0.29, 0.717) is 18.6 Å². The first-order chi connectivity index (χ1) is 8.70. The van der Waals surface area contributed by atoms with Crippen LogP contribution >= 0.6 is 11.6 Å². The van der Waals surface area contributed by atoms with Gasteiger partial charge in [-0.1, -0.05) is 30.5 Å². The lowest BCUT2D eigenvalue weighted by molar-refractivity contribution is 0.152. The number of nitrogens with one attached hydrogen (secondary N) is 1. The molecule has 0 heterocycles. The molecule has 3 heteroatoms. The van der Waals surface area contributed by atoms with Crippen molar-refractivity contribution in [2.75, 3.05) is 6.61 Å². The van der Waals surface area contributed by atoms with Gasteiger partial charge in [-0.15, -0.1) is 0 Å². The second-order valence-corrected chi connectivity index (χ2v) is 5.72. The molecule has 1 aromatic rings. The van der Waals surface area contributed by atoms with Crippen molar-refractivity contribution in [3.8, 4) is 0 Å². The fraction of sp³-hybridized carbons (Fsp3) is 0.600. The largest absolute Gasteiger partial charge is 0.396 e. The lowest BCUT2D eigenvalue weighted by Crippen LogP contribution is -2.39. The van der Waals surface area contributed by atoms with Gasteiger partial charge in [0.25, 0.3) is 0 Å². The van der Waals surface area contributed by atoms with Gasteiger partial charge in [0.15, 0.2) is 0 Å². The maximum Gasteiger partial charge on any atom is 0.0474 e. The van der Waals surface area contributed by atoms with E-state index in [-0.39, 0.29) is 0 Å². The zero-order valence-electron chi connectivity index (χ0n) is 11.0. The van der Waals surface area contributed by atoms with Gasteiger partial charge in [-0.2, -0.15) is 0 Å². The van der Waals surface area contributed by atoms with Gasteiger partial charge in [0.05, 0.1) is 0 Å². The minimum atomic E-state index is 0.303. The van der Waals surface area contributed by atoms with E-state index in [1.54, 1.807) is 0 Å². The van der Waals surface area contributed by atoms with Crippen LogP contribution in [0.3, 0.4) is 0 Å². The average Bonchev–Trinajstić information content (AvgIpc) is 2.38. The summed E-state index contributed by atoms with van der Waals surface area (Å²) in [4.78, 5) is 0. The zero-order chi connectivity index (χ0) is 13.0. The van der Waals surface area contributed by atoms with Crippen LogP contribution in [0.2, 0.25) is 5.02 Å². The van der Waals surface area contributed by atoms with E-state index in [1.807, 2.05) is 12.1 Å². The van der Waals surface area contributed by atoms with Crippen LogP contribution in [0.15, 0.2) is 18.2 Å². The summed E-state index contributed by atoms with van der Waals surface area (Å²) in [6.07, 6.45) is 4.85. The second-order valence-electron chi connectivity index (χ2n) is 5.29. The summed E-state index contributed by atoms with van der Waals surface area (Å²) in [6, 6.07) is 6.49. The molecule has 1 fully saturated rings. The van der Waals surface area contributed by atoms with Crippen LogP contribution in [0.1, 0.15) is 36.8 Å². The fourth-order valence-corrected chi connectivity index (χ4v) is 3.02. The van der Waals surface area contributed by atoms with E-state index in [0.717, 1.165) is 18.0 Å².